The number of benzene rings is 2. The predicted octanol–water partition coefficient (Wildman–Crippen LogP) is 3.14. The molecule has 5 nitrogen and oxygen atoms in total. The molecule has 1 heterocycles. The lowest BCUT2D eigenvalue weighted by Gasteiger charge is -2.06. The molecular weight excluding hydrogens is 288 g/mol. The Bertz CT molecular complexity index is 811. The monoisotopic (exact) mass is 300 g/mol. The van der Waals surface area contributed by atoms with Gasteiger partial charge >= 0.3 is 0 Å². The average molecular weight is 300 g/mol. The molecule has 0 fully saturated rings. The molecule has 0 atom stereocenters. The Morgan fingerprint density at radius 3 is 2.14 bits per heavy atom. The number of anilines is 1. The van der Waals surface area contributed by atoms with Crippen molar-refractivity contribution in [3.63, 3.8) is 0 Å². The lowest BCUT2D eigenvalue weighted by molar-refractivity contribution is 0.423. The molecule has 2 aromatic carbocycles. The van der Waals surface area contributed by atoms with Gasteiger partial charge in [-0.1, -0.05) is 47.6 Å². The number of nitrogens with one attached hydrogen (secondary N) is 1. The summed E-state index contributed by atoms with van der Waals surface area (Å²) in [5.74, 6) is 0.155. The molecule has 0 saturated carbocycles. The van der Waals surface area contributed by atoms with E-state index in [1.54, 1.807) is 24.3 Å². The van der Waals surface area contributed by atoms with Crippen molar-refractivity contribution in [1.29, 1.82) is 0 Å². The molecule has 0 spiro atoms. The SMILES string of the molecule is O=S(=O)(Nc1ccon1)c1ccc(-c2ccccc2)cc1. The Balaban J connectivity index is 1.87. The van der Waals surface area contributed by atoms with Crippen molar-refractivity contribution in [3.8, 4) is 11.1 Å². The molecule has 3 aromatic rings. The summed E-state index contributed by atoms with van der Waals surface area (Å²) >= 11 is 0. The summed E-state index contributed by atoms with van der Waals surface area (Å²) in [6.45, 7) is 0. The average Bonchev–Trinajstić information content (AvgIpc) is 3.00. The first-order valence-electron chi connectivity index (χ1n) is 6.24. The smallest absolute Gasteiger partial charge is 0.263 e. The second-order valence-electron chi connectivity index (χ2n) is 4.38. The third-order valence-corrected chi connectivity index (χ3v) is 4.32. The van der Waals surface area contributed by atoms with E-state index in [0.29, 0.717) is 0 Å². The molecule has 0 aliphatic heterocycles. The second kappa shape index (κ2) is 5.41. The van der Waals surface area contributed by atoms with Gasteiger partial charge in [0.15, 0.2) is 5.82 Å². The van der Waals surface area contributed by atoms with Crippen molar-refractivity contribution in [2.24, 2.45) is 0 Å². The fourth-order valence-electron chi connectivity index (χ4n) is 1.92. The predicted molar refractivity (Wildman–Crippen MR) is 79.2 cm³/mol. The van der Waals surface area contributed by atoms with E-state index in [1.807, 2.05) is 30.3 Å². The quantitative estimate of drug-likeness (QED) is 0.803. The van der Waals surface area contributed by atoms with Crippen molar-refractivity contribution >= 4 is 15.8 Å². The largest absolute Gasteiger partial charge is 0.363 e. The van der Waals surface area contributed by atoms with Crippen LogP contribution < -0.4 is 4.72 Å². The van der Waals surface area contributed by atoms with E-state index in [2.05, 4.69) is 14.4 Å². The van der Waals surface area contributed by atoms with Gasteiger partial charge in [-0.15, -0.1) is 0 Å². The van der Waals surface area contributed by atoms with E-state index in [-0.39, 0.29) is 10.7 Å². The van der Waals surface area contributed by atoms with Gasteiger partial charge in [0, 0.05) is 6.07 Å². The molecule has 0 bridgehead atoms. The van der Waals surface area contributed by atoms with E-state index in [0.717, 1.165) is 11.1 Å². The first-order valence-corrected chi connectivity index (χ1v) is 7.72. The Kier molecular flexibility index (Phi) is 3.45. The van der Waals surface area contributed by atoms with Crippen molar-refractivity contribution in [1.82, 2.24) is 5.16 Å². The van der Waals surface area contributed by atoms with Crippen LogP contribution in [0, 0.1) is 0 Å². The normalized spacial score (nSPS) is 11.2. The van der Waals surface area contributed by atoms with Gasteiger partial charge in [0.25, 0.3) is 10.0 Å². The van der Waals surface area contributed by atoms with Crippen LogP contribution in [0.4, 0.5) is 5.82 Å². The molecular formula is C15H12N2O3S. The number of nitrogens with zero attached hydrogens (tertiary/aromatic N) is 1. The highest BCUT2D eigenvalue weighted by Crippen LogP contribution is 2.22. The van der Waals surface area contributed by atoms with Crippen molar-refractivity contribution < 1.29 is 12.9 Å². The van der Waals surface area contributed by atoms with Crippen LogP contribution in [0.25, 0.3) is 11.1 Å². The van der Waals surface area contributed by atoms with Crippen molar-refractivity contribution in [3.05, 3.63) is 66.9 Å². The maximum absolute atomic E-state index is 12.2. The van der Waals surface area contributed by atoms with E-state index < -0.39 is 10.0 Å². The molecule has 0 unspecified atom stereocenters. The lowest BCUT2D eigenvalue weighted by atomic mass is 10.1. The summed E-state index contributed by atoms with van der Waals surface area (Å²) < 4.78 is 31.2. The molecule has 106 valence electrons. The third kappa shape index (κ3) is 2.95. The molecule has 21 heavy (non-hydrogen) atoms. The summed E-state index contributed by atoms with van der Waals surface area (Å²) in [4.78, 5) is 0.171. The van der Waals surface area contributed by atoms with E-state index in [9.17, 15) is 8.42 Å². The Labute approximate surface area is 122 Å². The molecule has 0 radical (unpaired) electrons. The molecule has 1 N–H and O–H groups in total. The van der Waals surface area contributed by atoms with E-state index in [1.165, 1.54) is 12.3 Å². The highest BCUT2D eigenvalue weighted by Gasteiger charge is 2.15. The van der Waals surface area contributed by atoms with Crippen LogP contribution >= 0.6 is 0 Å². The molecule has 6 heteroatoms. The summed E-state index contributed by atoms with van der Waals surface area (Å²) in [7, 11) is -3.65. The van der Waals surface area contributed by atoms with Crippen LogP contribution in [0.15, 0.2) is 76.3 Å². The van der Waals surface area contributed by atoms with E-state index in [4.69, 9.17) is 0 Å². The summed E-state index contributed by atoms with van der Waals surface area (Å²) in [6.07, 6.45) is 1.30. The van der Waals surface area contributed by atoms with Gasteiger partial charge in [-0.3, -0.25) is 4.72 Å². The summed E-state index contributed by atoms with van der Waals surface area (Å²) in [5.41, 5.74) is 1.99. The van der Waals surface area contributed by atoms with Crippen molar-refractivity contribution in [2.75, 3.05) is 4.72 Å². The third-order valence-electron chi connectivity index (χ3n) is 2.95. The maximum atomic E-state index is 12.2. The highest BCUT2D eigenvalue weighted by molar-refractivity contribution is 7.92. The number of hydrogen-bond donors (Lipinski definition) is 1. The van der Waals surface area contributed by atoms with E-state index >= 15 is 0 Å². The number of rotatable bonds is 4. The molecule has 0 amide bonds. The van der Waals surface area contributed by atoms with Gasteiger partial charge in [-0.25, -0.2) is 8.42 Å². The highest BCUT2D eigenvalue weighted by atomic mass is 32.2. The van der Waals surface area contributed by atoms with Gasteiger partial charge in [0.05, 0.1) is 4.90 Å². The maximum Gasteiger partial charge on any atom is 0.263 e. The minimum Gasteiger partial charge on any atom is -0.363 e. The fourth-order valence-corrected chi connectivity index (χ4v) is 2.91. The zero-order chi connectivity index (χ0) is 14.7. The minimum atomic E-state index is -3.65. The van der Waals surface area contributed by atoms with Crippen LogP contribution in [0.1, 0.15) is 0 Å². The van der Waals surface area contributed by atoms with Crippen LogP contribution in [-0.4, -0.2) is 13.6 Å². The number of aromatic nitrogens is 1. The summed E-state index contributed by atoms with van der Waals surface area (Å²) in [6, 6.07) is 17.8. The van der Waals surface area contributed by atoms with Gasteiger partial charge < -0.3 is 4.52 Å². The van der Waals surface area contributed by atoms with Gasteiger partial charge in [-0.2, -0.15) is 0 Å². The van der Waals surface area contributed by atoms with Crippen LogP contribution in [0.2, 0.25) is 0 Å². The Morgan fingerprint density at radius 1 is 0.857 bits per heavy atom. The first-order chi connectivity index (χ1) is 10.1. The van der Waals surface area contributed by atoms with Crippen LogP contribution in [0.3, 0.4) is 0 Å². The zero-order valence-corrected chi connectivity index (χ0v) is 11.7. The van der Waals surface area contributed by atoms with Crippen molar-refractivity contribution in [2.45, 2.75) is 4.90 Å². The first kappa shape index (κ1) is 13.4. The molecule has 1 aromatic heterocycles. The summed E-state index contributed by atoms with van der Waals surface area (Å²) in [5, 5.41) is 3.53. The van der Waals surface area contributed by atoms with Gasteiger partial charge in [0.1, 0.15) is 6.26 Å². The Morgan fingerprint density at radius 2 is 1.52 bits per heavy atom. The zero-order valence-electron chi connectivity index (χ0n) is 10.9. The van der Waals surface area contributed by atoms with Gasteiger partial charge in [-0.05, 0) is 23.3 Å². The molecule has 0 saturated heterocycles. The second-order valence-corrected chi connectivity index (χ2v) is 6.06. The fraction of sp³-hybridized carbons (Fsp3) is 0. The molecule has 3 rings (SSSR count). The topological polar surface area (TPSA) is 72.2 Å². The number of hydrogen-bond acceptors (Lipinski definition) is 4. The van der Waals surface area contributed by atoms with Crippen LogP contribution in [-0.2, 0) is 10.0 Å². The standard InChI is InChI=1S/C15H12N2O3S/c18-21(19,17-15-10-11-20-16-15)14-8-6-13(7-9-14)12-4-2-1-3-5-12/h1-11H,(H,16,17). The number of sulfonamides is 1. The minimum absolute atomic E-state index is 0.155. The van der Waals surface area contributed by atoms with Gasteiger partial charge in [0.2, 0.25) is 0 Å². The molecule has 0 aliphatic carbocycles. The molecule has 0 aliphatic rings. The lowest BCUT2D eigenvalue weighted by Crippen LogP contribution is -2.12. The van der Waals surface area contributed by atoms with Crippen LogP contribution in [0.5, 0.6) is 0 Å². The Hall–Kier alpha value is -2.60.